The Balaban J connectivity index is 1.39. The van der Waals surface area contributed by atoms with E-state index in [0.29, 0.717) is 28.9 Å². The van der Waals surface area contributed by atoms with Crippen LogP contribution in [-0.2, 0) is 12.0 Å². The lowest BCUT2D eigenvalue weighted by Crippen LogP contribution is -2.28. The summed E-state index contributed by atoms with van der Waals surface area (Å²) in [7, 11) is 0. The van der Waals surface area contributed by atoms with Crippen LogP contribution >= 0.6 is 23.4 Å². The summed E-state index contributed by atoms with van der Waals surface area (Å²) in [6.45, 7) is 4.03. The van der Waals surface area contributed by atoms with E-state index in [1.165, 1.54) is 48.4 Å². The zero-order valence-corrected chi connectivity index (χ0v) is 21.1. The molecule has 3 aromatic carbocycles. The molecule has 0 amide bonds. The largest absolute Gasteiger partial charge is 0.545 e. The fourth-order valence-electron chi connectivity index (χ4n) is 5.47. The van der Waals surface area contributed by atoms with E-state index < -0.39 is 23.2 Å². The topological polar surface area (TPSA) is 48.3 Å². The van der Waals surface area contributed by atoms with Crippen molar-refractivity contribution in [3.05, 3.63) is 88.1 Å². The summed E-state index contributed by atoms with van der Waals surface area (Å²) in [5, 5.41) is 11.9. The second-order valence-electron chi connectivity index (χ2n) is 9.55. The number of rotatable bonds is 6. The van der Waals surface area contributed by atoms with Crippen molar-refractivity contribution in [3.8, 4) is 0 Å². The molecule has 2 heterocycles. The van der Waals surface area contributed by atoms with Crippen molar-refractivity contribution < 1.29 is 18.7 Å². The number of para-hydroxylation sites is 1. The molecule has 36 heavy (non-hydrogen) atoms. The number of aromatic carboxylic acids is 1. The molecule has 1 saturated carbocycles. The van der Waals surface area contributed by atoms with Crippen LogP contribution in [0.15, 0.2) is 64.4 Å². The van der Waals surface area contributed by atoms with Crippen molar-refractivity contribution in [2.24, 2.45) is 0 Å². The van der Waals surface area contributed by atoms with Gasteiger partial charge in [-0.15, -0.1) is 0 Å². The maximum atomic E-state index is 15.4. The summed E-state index contributed by atoms with van der Waals surface area (Å²) < 4.78 is 32.2. The average Bonchev–Trinajstić information content (AvgIpc) is 3.51. The summed E-state index contributed by atoms with van der Waals surface area (Å²) in [5.74, 6) is -2.96. The highest BCUT2D eigenvalue weighted by Crippen LogP contribution is 2.56. The van der Waals surface area contributed by atoms with E-state index in [1.807, 2.05) is 17.6 Å². The van der Waals surface area contributed by atoms with Crippen LogP contribution in [0, 0.1) is 18.6 Å². The number of hydrogen-bond acceptors (Lipinski definition) is 4. The first-order valence-corrected chi connectivity index (χ1v) is 13.0. The molecule has 0 saturated heterocycles. The number of benzene rings is 3. The van der Waals surface area contributed by atoms with Crippen molar-refractivity contribution in [2.45, 2.75) is 41.5 Å². The predicted octanol–water partition coefficient (Wildman–Crippen LogP) is 5.95. The molecular formula is C28H22ClF2N2O2S-. The first-order valence-electron chi connectivity index (χ1n) is 11.8. The summed E-state index contributed by atoms with van der Waals surface area (Å²) in [6, 6.07) is 15.9. The molecule has 0 bridgehead atoms. The molecule has 6 rings (SSSR count). The molecule has 184 valence electrons. The van der Waals surface area contributed by atoms with E-state index in [4.69, 9.17) is 11.6 Å². The Morgan fingerprint density at radius 2 is 1.83 bits per heavy atom. The number of hydrogen-bond donors (Lipinski definition) is 0. The van der Waals surface area contributed by atoms with Gasteiger partial charge in [-0.25, -0.2) is 8.78 Å². The van der Waals surface area contributed by atoms with Crippen molar-refractivity contribution in [3.63, 3.8) is 0 Å². The third-order valence-corrected chi connectivity index (χ3v) is 9.02. The predicted molar refractivity (Wildman–Crippen MR) is 136 cm³/mol. The molecular weight excluding hydrogens is 502 g/mol. The van der Waals surface area contributed by atoms with Gasteiger partial charge in [-0.3, -0.25) is 0 Å². The molecule has 1 aliphatic heterocycles. The van der Waals surface area contributed by atoms with Crippen molar-refractivity contribution in [1.29, 1.82) is 0 Å². The minimum Gasteiger partial charge on any atom is -0.545 e. The average molecular weight is 524 g/mol. The van der Waals surface area contributed by atoms with Gasteiger partial charge in [0.25, 0.3) is 0 Å². The Labute approximate surface area is 216 Å². The Morgan fingerprint density at radius 1 is 1.06 bits per heavy atom. The monoisotopic (exact) mass is 523 g/mol. The number of halogens is 3. The van der Waals surface area contributed by atoms with Crippen LogP contribution < -0.4 is 10.0 Å². The van der Waals surface area contributed by atoms with E-state index in [-0.39, 0.29) is 15.3 Å². The molecule has 0 N–H and O–H groups in total. The smallest absolute Gasteiger partial charge is 0.166 e. The zero-order valence-electron chi connectivity index (χ0n) is 19.5. The minimum atomic E-state index is -1.58. The van der Waals surface area contributed by atoms with Gasteiger partial charge in [-0.1, -0.05) is 53.7 Å². The van der Waals surface area contributed by atoms with Crippen molar-refractivity contribution in [1.82, 2.24) is 4.57 Å². The lowest BCUT2D eigenvalue weighted by atomic mass is 9.99. The molecule has 2 aliphatic rings. The maximum absolute atomic E-state index is 15.4. The van der Waals surface area contributed by atoms with Crippen LogP contribution in [0.25, 0.3) is 10.9 Å². The van der Waals surface area contributed by atoms with Crippen LogP contribution in [0.3, 0.4) is 0 Å². The van der Waals surface area contributed by atoms with Gasteiger partial charge >= 0.3 is 0 Å². The molecule has 1 spiro atoms. The number of carbonyl (C=O) groups excluding carboxylic acids is 1. The Kier molecular flexibility index (Phi) is 5.54. The summed E-state index contributed by atoms with van der Waals surface area (Å²) >= 11 is 7.25. The van der Waals surface area contributed by atoms with Gasteiger partial charge in [0.1, 0.15) is 5.82 Å². The lowest BCUT2D eigenvalue weighted by molar-refractivity contribution is -0.255. The Bertz CT molecular complexity index is 1550. The highest BCUT2D eigenvalue weighted by molar-refractivity contribution is 7.99. The van der Waals surface area contributed by atoms with Crippen LogP contribution in [0.4, 0.5) is 14.5 Å². The van der Waals surface area contributed by atoms with E-state index in [2.05, 4.69) is 23.1 Å². The van der Waals surface area contributed by atoms with E-state index in [9.17, 15) is 14.3 Å². The Hall–Kier alpha value is -3.03. The highest BCUT2D eigenvalue weighted by Gasteiger charge is 2.51. The van der Waals surface area contributed by atoms with Gasteiger partial charge in [0.05, 0.1) is 16.5 Å². The van der Waals surface area contributed by atoms with E-state index in [1.54, 1.807) is 6.07 Å². The first-order chi connectivity index (χ1) is 17.3. The van der Waals surface area contributed by atoms with Crippen molar-refractivity contribution in [2.75, 3.05) is 18.0 Å². The fourth-order valence-corrected chi connectivity index (χ4v) is 6.72. The molecule has 0 atom stereocenters. The second kappa shape index (κ2) is 8.53. The van der Waals surface area contributed by atoms with E-state index >= 15 is 4.39 Å². The van der Waals surface area contributed by atoms with E-state index in [0.717, 1.165) is 24.0 Å². The maximum Gasteiger partial charge on any atom is 0.166 e. The molecule has 4 aromatic rings. The van der Waals surface area contributed by atoms with Crippen LogP contribution in [0.1, 0.15) is 34.5 Å². The normalized spacial score (nSPS) is 15.6. The molecule has 4 nitrogen and oxygen atoms in total. The number of fused-ring (bicyclic) bond motifs is 3. The van der Waals surface area contributed by atoms with Gasteiger partial charge < -0.3 is 19.4 Å². The molecule has 8 heteroatoms. The number of aromatic nitrogens is 1. The fraction of sp³-hybridized carbons (Fsp3) is 0.250. The highest BCUT2D eigenvalue weighted by atomic mass is 35.5. The van der Waals surface area contributed by atoms with Crippen molar-refractivity contribution >= 4 is 45.9 Å². The number of carboxylic acids is 1. The quantitative estimate of drug-likeness (QED) is 0.313. The number of anilines is 1. The van der Waals surface area contributed by atoms with Crippen LogP contribution in [0.5, 0.6) is 0 Å². The molecule has 0 unspecified atom stereocenters. The summed E-state index contributed by atoms with van der Waals surface area (Å²) in [4.78, 5) is 14.5. The lowest BCUT2D eigenvalue weighted by Gasteiger charge is -2.21. The van der Waals surface area contributed by atoms with Gasteiger partial charge in [-0.05, 0) is 49.6 Å². The minimum absolute atomic E-state index is 0.0198. The van der Waals surface area contributed by atoms with Gasteiger partial charge in [0.2, 0.25) is 0 Å². The van der Waals surface area contributed by atoms with Gasteiger partial charge in [-0.2, -0.15) is 0 Å². The second-order valence-corrected chi connectivity index (χ2v) is 11.0. The first kappa shape index (κ1) is 23.4. The Morgan fingerprint density at radius 3 is 2.58 bits per heavy atom. The van der Waals surface area contributed by atoms with Crippen LogP contribution in [0.2, 0.25) is 5.02 Å². The third-order valence-electron chi connectivity index (χ3n) is 7.47. The number of carboxylic acid groups (broad SMARTS) is 1. The SMILES string of the molecule is Cc1c(Sc2cccc(C(=O)[O-])c2F)c2ccc(Cl)c(F)c2n1CCN1CC2(CC2)c2ccccc21. The van der Waals surface area contributed by atoms with Gasteiger partial charge in [0.15, 0.2) is 5.82 Å². The molecule has 0 radical (unpaired) electrons. The zero-order chi connectivity index (χ0) is 25.2. The molecule has 1 fully saturated rings. The third kappa shape index (κ3) is 3.59. The number of carbonyl (C=O) groups is 1. The summed E-state index contributed by atoms with van der Waals surface area (Å²) in [6.07, 6.45) is 2.38. The molecule has 1 aromatic heterocycles. The standard InChI is InChI=1S/C28H23ClF2N2O2S/c1-16-26(36-22-8-4-5-17(23(22)30)27(34)35)18-9-10-20(29)24(31)25(18)33(16)14-13-32-15-28(11-12-28)19-6-2-3-7-21(19)32/h2-10H,11-15H2,1H3,(H,34,35)/p-1. The summed E-state index contributed by atoms with van der Waals surface area (Å²) in [5.41, 5.74) is 3.51. The molecule has 1 aliphatic carbocycles. The number of nitrogens with zero attached hydrogens (tertiary/aromatic N) is 2. The van der Waals surface area contributed by atoms with Crippen LogP contribution in [-0.4, -0.2) is 23.6 Å². The van der Waals surface area contributed by atoms with Gasteiger partial charge in [0, 0.05) is 57.2 Å².